The van der Waals surface area contributed by atoms with Crippen molar-refractivity contribution < 1.29 is 18.3 Å². The molecule has 1 saturated carbocycles. The lowest BCUT2D eigenvalue weighted by Crippen LogP contribution is -2.33. The average molecular weight is 282 g/mol. The Labute approximate surface area is 118 Å². The van der Waals surface area contributed by atoms with E-state index in [4.69, 9.17) is 4.74 Å². The van der Waals surface area contributed by atoms with Gasteiger partial charge >= 0.3 is 5.97 Å². The molecule has 0 N–H and O–H groups in total. The number of esters is 1. The van der Waals surface area contributed by atoms with Crippen molar-refractivity contribution in [2.45, 2.75) is 57.5 Å². The van der Waals surface area contributed by atoms with Crippen LogP contribution in [0.5, 0.6) is 0 Å². The molecule has 2 nitrogen and oxygen atoms in total. The van der Waals surface area contributed by atoms with Gasteiger partial charge in [-0.15, -0.1) is 0 Å². The fourth-order valence-corrected chi connectivity index (χ4v) is 2.35. The van der Waals surface area contributed by atoms with Gasteiger partial charge in [-0.3, -0.25) is 4.79 Å². The fourth-order valence-electron chi connectivity index (χ4n) is 2.35. The molecule has 0 aromatic heterocycles. The van der Waals surface area contributed by atoms with Crippen molar-refractivity contribution in [2.75, 3.05) is 0 Å². The van der Waals surface area contributed by atoms with E-state index in [9.17, 15) is 13.6 Å². The van der Waals surface area contributed by atoms with Gasteiger partial charge in [0, 0.05) is 12.8 Å². The maximum absolute atomic E-state index is 12.8. The topological polar surface area (TPSA) is 26.3 Å². The first-order valence-corrected chi connectivity index (χ1v) is 6.83. The molecule has 0 atom stereocenters. The summed E-state index contributed by atoms with van der Waals surface area (Å²) in [5.74, 6) is -2.83. The van der Waals surface area contributed by atoms with Crippen LogP contribution in [0.3, 0.4) is 0 Å². The molecular formula is C16H20F2O2. The van der Waals surface area contributed by atoms with E-state index in [0.717, 1.165) is 11.1 Å². The minimum absolute atomic E-state index is 0.0550. The number of halogens is 2. The van der Waals surface area contributed by atoms with Gasteiger partial charge < -0.3 is 4.74 Å². The van der Waals surface area contributed by atoms with E-state index in [1.54, 1.807) is 0 Å². The Hall–Kier alpha value is -1.45. The summed E-state index contributed by atoms with van der Waals surface area (Å²) in [6, 6.07) is 7.30. The van der Waals surface area contributed by atoms with Crippen LogP contribution in [0.1, 0.15) is 50.7 Å². The molecule has 0 radical (unpaired) electrons. The zero-order valence-corrected chi connectivity index (χ0v) is 12.1. The minimum Gasteiger partial charge on any atom is -0.460 e. The van der Waals surface area contributed by atoms with E-state index in [1.807, 2.05) is 45.0 Å². The van der Waals surface area contributed by atoms with Gasteiger partial charge in [-0.1, -0.05) is 24.3 Å². The molecule has 110 valence electrons. The van der Waals surface area contributed by atoms with Crippen LogP contribution in [0.15, 0.2) is 24.3 Å². The summed E-state index contributed by atoms with van der Waals surface area (Å²) < 4.78 is 30.9. The van der Waals surface area contributed by atoms with Crippen LogP contribution in [0.2, 0.25) is 0 Å². The van der Waals surface area contributed by atoms with Crippen molar-refractivity contribution >= 4 is 5.97 Å². The molecule has 0 bridgehead atoms. The molecule has 20 heavy (non-hydrogen) atoms. The predicted molar refractivity (Wildman–Crippen MR) is 72.9 cm³/mol. The number of hydrogen-bond acceptors (Lipinski definition) is 2. The smallest absolute Gasteiger partial charge is 0.310 e. The van der Waals surface area contributed by atoms with Crippen molar-refractivity contribution in [3.8, 4) is 0 Å². The summed E-state index contributed by atoms with van der Waals surface area (Å²) in [7, 11) is 0. The van der Waals surface area contributed by atoms with E-state index in [0.29, 0.717) is 0 Å². The van der Waals surface area contributed by atoms with E-state index < -0.39 is 11.5 Å². The number of benzene rings is 1. The van der Waals surface area contributed by atoms with Crippen molar-refractivity contribution in [3.63, 3.8) is 0 Å². The third kappa shape index (κ3) is 4.02. The number of ether oxygens (including phenoxy) is 1. The zero-order chi connectivity index (χ0) is 15.0. The van der Waals surface area contributed by atoms with Crippen LogP contribution >= 0.6 is 0 Å². The van der Waals surface area contributed by atoms with Crippen molar-refractivity contribution in [1.29, 1.82) is 0 Å². The number of hydrogen-bond donors (Lipinski definition) is 0. The molecule has 0 aliphatic heterocycles. The first kappa shape index (κ1) is 14.9. The van der Waals surface area contributed by atoms with Crippen LogP contribution in [-0.2, 0) is 16.0 Å². The molecule has 0 amide bonds. The van der Waals surface area contributed by atoms with E-state index >= 15 is 0 Å². The van der Waals surface area contributed by atoms with Gasteiger partial charge in [0.1, 0.15) is 5.60 Å². The third-order valence-electron chi connectivity index (χ3n) is 3.31. The van der Waals surface area contributed by atoms with E-state index in [1.165, 1.54) is 0 Å². The zero-order valence-electron chi connectivity index (χ0n) is 12.1. The van der Waals surface area contributed by atoms with Crippen molar-refractivity contribution in [1.82, 2.24) is 0 Å². The standard InChI is InChI=1S/C16H20F2O2/c1-15(2,3)20-14(19)8-11-4-6-12(7-5-11)13-9-16(17,18)10-13/h4-7,13H,8-10H2,1-3H3. The van der Waals surface area contributed by atoms with Gasteiger partial charge in [-0.2, -0.15) is 0 Å². The monoisotopic (exact) mass is 282 g/mol. The second-order valence-electron chi connectivity index (χ2n) is 6.47. The lowest BCUT2D eigenvalue weighted by atomic mass is 9.76. The molecule has 0 saturated heterocycles. The number of carbonyl (C=O) groups excluding carboxylic acids is 1. The first-order valence-electron chi connectivity index (χ1n) is 6.83. The maximum Gasteiger partial charge on any atom is 0.310 e. The molecule has 1 aromatic carbocycles. The summed E-state index contributed by atoms with van der Waals surface area (Å²) in [4.78, 5) is 11.7. The molecule has 1 fully saturated rings. The molecular weight excluding hydrogens is 262 g/mol. The highest BCUT2D eigenvalue weighted by Gasteiger charge is 2.45. The summed E-state index contributed by atoms with van der Waals surface area (Å²) >= 11 is 0. The molecule has 1 aliphatic carbocycles. The predicted octanol–water partition coefficient (Wildman–Crippen LogP) is 4.08. The van der Waals surface area contributed by atoms with Gasteiger partial charge in [0.2, 0.25) is 5.92 Å². The Kier molecular flexibility index (Phi) is 3.85. The second-order valence-corrected chi connectivity index (χ2v) is 6.47. The van der Waals surface area contributed by atoms with Gasteiger partial charge in [0.15, 0.2) is 0 Å². The number of rotatable bonds is 3. The van der Waals surface area contributed by atoms with Crippen molar-refractivity contribution in [2.24, 2.45) is 0 Å². The quantitative estimate of drug-likeness (QED) is 0.781. The Balaban J connectivity index is 1.91. The normalized spacial score (nSPS) is 18.4. The Morgan fingerprint density at radius 2 is 1.80 bits per heavy atom. The maximum atomic E-state index is 12.8. The van der Waals surface area contributed by atoms with Crippen LogP contribution < -0.4 is 0 Å². The fraction of sp³-hybridized carbons (Fsp3) is 0.562. The second kappa shape index (κ2) is 5.15. The Morgan fingerprint density at radius 1 is 1.25 bits per heavy atom. The highest BCUT2D eigenvalue weighted by molar-refractivity contribution is 5.73. The van der Waals surface area contributed by atoms with Gasteiger partial charge in [0.05, 0.1) is 6.42 Å². The third-order valence-corrected chi connectivity index (χ3v) is 3.31. The highest BCUT2D eigenvalue weighted by atomic mass is 19.3. The molecule has 2 rings (SSSR count). The van der Waals surface area contributed by atoms with E-state index in [2.05, 4.69) is 0 Å². The van der Waals surface area contributed by atoms with Crippen LogP contribution in [0.4, 0.5) is 8.78 Å². The summed E-state index contributed by atoms with van der Waals surface area (Å²) in [6.07, 6.45) is 0.0647. The highest BCUT2D eigenvalue weighted by Crippen LogP contribution is 2.48. The lowest BCUT2D eigenvalue weighted by Gasteiger charge is -2.35. The summed E-state index contributed by atoms with van der Waals surface area (Å²) in [5, 5.41) is 0. The van der Waals surface area contributed by atoms with Crippen molar-refractivity contribution in [3.05, 3.63) is 35.4 Å². The number of alkyl halides is 2. The largest absolute Gasteiger partial charge is 0.460 e. The summed E-state index contributed by atoms with van der Waals surface area (Å²) in [6.45, 7) is 5.47. The first-order chi connectivity index (χ1) is 9.15. The van der Waals surface area contributed by atoms with Gasteiger partial charge in [-0.25, -0.2) is 8.78 Å². The molecule has 1 aliphatic rings. The van der Waals surface area contributed by atoms with Crippen LogP contribution in [0, 0.1) is 0 Å². The summed E-state index contributed by atoms with van der Waals surface area (Å²) in [5.41, 5.74) is 1.27. The molecule has 0 heterocycles. The molecule has 0 unspecified atom stereocenters. The molecule has 0 spiro atoms. The Morgan fingerprint density at radius 3 is 2.25 bits per heavy atom. The number of carbonyl (C=O) groups is 1. The van der Waals surface area contributed by atoms with Crippen LogP contribution in [0.25, 0.3) is 0 Å². The van der Waals surface area contributed by atoms with Gasteiger partial charge in [-0.05, 0) is 37.8 Å². The average Bonchev–Trinajstić information content (AvgIpc) is 2.24. The molecule has 4 heteroatoms. The van der Waals surface area contributed by atoms with Gasteiger partial charge in [0.25, 0.3) is 0 Å². The minimum atomic E-state index is -2.50. The SMILES string of the molecule is CC(C)(C)OC(=O)Cc1ccc(C2CC(F)(F)C2)cc1. The Bertz CT molecular complexity index is 478. The molecule has 1 aromatic rings. The lowest BCUT2D eigenvalue weighted by molar-refractivity contribution is -0.153. The van der Waals surface area contributed by atoms with E-state index in [-0.39, 0.29) is 31.1 Å². The van der Waals surface area contributed by atoms with Crippen LogP contribution in [-0.4, -0.2) is 17.5 Å².